The second-order valence-electron chi connectivity index (χ2n) is 4.54. The van der Waals surface area contributed by atoms with Crippen LogP contribution in [-0.4, -0.2) is 21.7 Å². The average molecular weight is 281 g/mol. The number of rotatable bonds is 7. The Morgan fingerprint density at radius 1 is 1.61 bits per heavy atom. The summed E-state index contributed by atoms with van der Waals surface area (Å²) in [5.41, 5.74) is 1.26. The zero-order chi connectivity index (χ0) is 13.0. The van der Waals surface area contributed by atoms with Crippen molar-refractivity contribution in [3.05, 3.63) is 29.9 Å². The predicted octanol–water partition coefficient (Wildman–Crippen LogP) is 3.42. The molecule has 0 bridgehead atoms. The number of thiazole rings is 1. The molecule has 0 saturated carbocycles. The predicted molar refractivity (Wildman–Crippen MR) is 80.5 cm³/mol. The summed E-state index contributed by atoms with van der Waals surface area (Å²) in [6, 6.07) is 0. The summed E-state index contributed by atoms with van der Waals surface area (Å²) < 4.78 is 2.18. The van der Waals surface area contributed by atoms with E-state index in [9.17, 15) is 0 Å². The highest BCUT2D eigenvalue weighted by Crippen LogP contribution is 2.25. The number of hydrogen-bond acceptors (Lipinski definition) is 4. The van der Waals surface area contributed by atoms with Crippen molar-refractivity contribution in [3.63, 3.8) is 0 Å². The normalized spacial score (nSPS) is 11.5. The van der Waals surface area contributed by atoms with E-state index in [2.05, 4.69) is 46.7 Å². The molecule has 1 N–H and O–H groups in total. The van der Waals surface area contributed by atoms with Crippen molar-refractivity contribution >= 4 is 28.1 Å². The Labute approximate surface area is 116 Å². The Bertz CT molecular complexity index is 513. The topological polar surface area (TPSA) is 29.3 Å². The molecule has 18 heavy (non-hydrogen) atoms. The van der Waals surface area contributed by atoms with Gasteiger partial charge in [0.05, 0.1) is 5.69 Å². The molecule has 0 unspecified atom stereocenters. The zero-order valence-corrected chi connectivity index (χ0v) is 12.5. The van der Waals surface area contributed by atoms with Gasteiger partial charge < -0.3 is 5.32 Å². The molecule has 98 valence electrons. The van der Waals surface area contributed by atoms with E-state index in [1.165, 1.54) is 5.69 Å². The molecule has 5 heteroatoms. The monoisotopic (exact) mass is 281 g/mol. The Morgan fingerprint density at radius 3 is 3.17 bits per heavy atom. The largest absolute Gasteiger partial charge is 0.311 e. The SMILES string of the molecule is C=CCSc1nc2sccn2c1CNCC(C)C. The molecule has 3 nitrogen and oxygen atoms in total. The Kier molecular flexibility index (Phi) is 4.86. The van der Waals surface area contributed by atoms with Gasteiger partial charge in [0.25, 0.3) is 0 Å². The molecule has 0 amide bonds. The van der Waals surface area contributed by atoms with E-state index in [1.54, 1.807) is 23.1 Å². The van der Waals surface area contributed by atoms with Gasteiger partial charge in [0.1, 0.15) is 5.03 Å². The smallest absolute Gasteiger partial charge is 0.194 e. The lowest BCUT2D eigenvalue weighted by molar-refractivity contribution is 0.544. The molecule has 2 rings (SSSR count). The van der Waals surface area contributed by atoms with Crippen molar-refractivity contribution in [2.45, 2.75) is 25.4 Å². The van der Waals surface area contributed by atoms with Crippen LogP contribution in [0.25, 0.3) is 4.96 Å². The molecule has 0 radical (unpaired) electrons. The van der Waals surface area contributed by atoms with Crippen molar-refractivity contribution < 1.29 is 0 Å². The van der Waals surface area contributed by atoms with Gasteiger partial charge in [-0.3, -0.25) is 4.40 Å². The van der Waals surface area contributed by atoms with Gasteiger partial charge in [-0.15, -0.1) is 29.7 Å². The van der Waals surface area contributed by atoms with E-state index in [4.69, 9.17) is 0 Å². The van der Waals surface area contributed by atoms with Crippen LogP contribution in [0, 0.1) is 5.92 Å². The molecule has 2 aromatic heterocycles. The number of nitrogens with one attached hydrogen (secondary N) is 1. The van der Waals surface area contributed by atoms with Gasteiger partial charge in [0, 0.05) is 23.9 Å². The first-order valence-corrected chi connectivity index (χ1v) is 7.97. The lowest BCUT2D eigenvalue weighted by atomic mass is 10.2. The van der Waals surface area contributed by atoms with E-state index >= 15 is 0 Å². The second-order valence-corrected chi connectivity index (χ2v) is 6.43. The minimum absolute atomic E-state index is 0.667. The number of aromatic nitrogens is 2. The van der Waals surface area contributed by atoms with E-state index in [-0.39, 0.29) is 0 Å². The third-order valence-electron chi connectivity index (χ3n) is 2.51. The van der Waals surface area contributed by atoms with E-state index in [1.807, 2.05) is 6.08 Å². The summed E-state index contributed by atoms with van der Waals surface area (Å²) in [5, 5.41) is 6.69. The van der Waals surface area contributed by atoms with Crippen molar-refractivity contribution in [2.75, 3.05) is 12.3 Å². The summed E-state index contributed by atoms with van der Waals surface area (Å²) in [5.74, 6) is 1.57. The van der Waals surface area contributed by atoms with Gasteiger partial charge in [0.2, 0.25) is 0 Å². The van der Waals surface area contributed by atoms with Crippen LogP contribution in [0.15, 0.2) is 29.3 Å². The highest BCUT2D eigenvalue weighted by atomic mass is 32.2. The molecule has 0 saturated heterocycles. The Balaban J connectivity index is 2.15. The summed E-state index contributed by atoms with van der Waals surface area (Å²) in [7, 11) is 0. The van der Waals surface area contributed by atoms with Crippen LogP contribution in [0.5, 0.6) is 0 Å². The fourth-order valence-electron chi connectivity index (χ4n) is 1.71. The molecule has 0 aromatic carbocycles. The standard InChI is InChI=1S/C13H19N3S2/c1-4-6-17-12-11(9-14-8-10(2)3)16-5-7-18-13(16)15-12/h4-5,7,10,14H,1,6,8-9H2,2-3H3. The summed E-state index contributed by atoms with van der Waals surface area (Å²) in [6.45, 7) is 10.1. The van der Waals surface area contributed by atoms with Crippen molar-refractivity contribution in [1.29, 1.82) is 0 Å². The Morgan fingerprint density at radius 2 is 2.44 bits per heavy atom. The third-order valence-corrected chi connectivity index (χ3v) is 4.27. The third kappa shape index (κ3) is 3.16. The van der Waals surface area contributed by atoms with Crippen LogP contribution in [0.1, 0.15) is 19.5 Å². The quantitative estimate of drug-likeness (QED) is 0.623. The minimum atomic E-state index is 0.667. The first-order chi connectivity index (χ1) is 8.72. The molecule has 2 aromatic rings. The Hall–Kier alpha value is -0.780. The summed E-state index contributed by atoms with van der Waals surface area (Å²) in [6.07, 6.45) is 4.01. The van der Waals surface area contributed by atoms with Crippen molar-refractivity contribution in [1.82, 2.24) is 14.7 Å². The molecule has 0 aliphatic heterocycles. The number of thioether (sulfide) groups is 1. The summed E-state index contributed by atoms with van der Waals surface area (Å²) in [4.78, 5) is 5.74. The van der Waals surface area contributed by atoms with Crippen LogP contribution in [-0.2, 0) is 6.54 Å². The van der Waals surface area contributed by atoms with Gasteiger partial charge in [0.15, 0.2) is 4.96 Å². The molecular formula is C13H19N3S2. The van der Waals surface area contributed by atoms with Crippen LogP contribution >= 0.6 is 23.1 Å². The summed E-state index contributed by atoms with van der Waals surface area (Å²) >= 11 is 3.43. The van der Waals surface area contributed by atoms with Gasteiger partial charge in [-0.25, -0.2) is 4.98 Å². The maximum absolute atomic E-state index is 4.66. The fraction of sp³-hybridized carbons (Fsp3) is 0.462. The van der Waals surface area contributed by atoms with E-state index in [0.29, 0.717) is 5.92 Å². The van der Waals surface area contributed by atoms with Gasteiger partial charge in [-0.05, 0) is 12.5 Å². The maximum Gasteiger partial charge on any atom is 0.194 e. The van der Waals surface area contributed by atoms with Crippen LogP contribution in [0.2, 0.25) is 0 Å². The van der Waals surface area contributed by atoms with Crippen molar-refractivity contribution in [2.24, 2.45) is 5.92 Å². The number of nitrogens with zero attached hydrogens (tertiary/aromatic N) is 2. The highest BCUT2D eigenvalue weighted by Gasteiger charge is 2.12. The molecule has 0 fully saturated rings. The maximum atomic E-state index is 4.66. The first-order valence-electron chi connectivity index (χ1n) is 6.11. The second kappa shape index (κ2) is 6.41. The lowest BCUT2D eigenvalue weighted by Crippen LogP contribution is -2.20. The lowest BCUT2D eigenvalue weighted by Gasteiger charge is -2.08. The average Bonchev–Trinajstić information content (AvgIpc) is 2.88. The molecule has 0 aliphatic carbocycles. The first kappa shape index (κ1) is 13.6. The zero-order valence-electron chi connectivity index (χ0n) is 10.8. The number of hydrogen-bond donors (Lipinski definition) is 1. The van der Waals surface area contributed by atoms with Crippen LogP contribution < -0.4 is 5.32 Å². The molecular weight excluding hydrogens is 262 g/mol. The van der Waals surface area contributed by atoms with Gasteiger partial charge >= 0.3 is 0 Å². The van der Waals surface area contributed by atoms with Crippen molar-refractivity contribution in [3.8, 4) is 0 Å². The van der Waals surface area contributed by atoms with Gasteiger partial charge in [-0.1, -0.05) is 19.9 Å². The molecule has 0 spiro atoms. The number of fused-ring (bicyclic) bond motifs is 1. The highest BCUT2D eigenvalue weighted by molar-refractivity contribution is 7.99. The van der Waals surface area contributed by atoms with Crippen LogP contribution in [0.4, 0.5) is 0 Å². The fourth-order valence-corrected chi connectivity index (χ4v) is 3.26. The number of imidazole rings is 1. The van der Waals surface area contributed by atoms with E-state index < -0.39 is 0 Å². The molecule has 0 atom stereocenters. The minimum Gasteiger partial charge on any atom is -0.311 e. The van der Waals surface area contributed by atoms with Gasteiger partial charge in [-0.2, -0.15) is 0 Å². The van der Waals surface area contributed by atoms with E-state index in [0.717, 1.165) is 28.8 Å². The molecule has 2 heterocycles. The van der Waals surface area contributed by atoms with Crippen LogP contribution in [0.3, 0.4) is 0 Å². The molecule has 0 aliphatic rings.